The molecule has 4 heteroatoms. The Labute approximate surface area is 125 Å². The molecule has 2 fully saturated rings. The summed E-state index contributed by atoms with van der Waals surface area (Å²) in [5, 5.41) is 2.55. The van der Waals surface area contributed by atoms with Gasteiger partial charge < -0.3 is 10.2 Å². The smallest absolute Gasteiger partial charge is 0.242 e. The van der Waals surface area contributed by atoms with Crippen molar-refractivity contribution in [3.63, 3.8) is 0 Å². The molecule has 0 saturated carbocycles. The second kappa shape index (κ2) is 6.15. The Hall–Kier alpha value is -1.06. The lowest BCUT2D eigenvalue weighted by Gasteiger charge is -2.35. The van der Waals surface area contributed by atoms with E-state index >= 15 is 0 Å². The average molecular weight is 293 g/mol. The molecular formula is C16H21ClN2O. The Balaban J connectivity index is 1.56. The number of nitrogens with one attached hydrogen (secondary N) is 1. The normalized spacial score (nSPS) is 27.9. The molecule has 0 bridgehead atoms. The minimum atomic E-state index is -0.585. The molecule has 3 rings (SSSR count). The molecule has 2 saturated heterocycles. The van der Waals surface area contributed by atoms with E-state index in [2.05, 4.69) is 10.2 Å². The van der Waals surface area contributed by atoms with Crippen LogP contribution >= 0.6 is 11.6 Å². The molecule has 0 radical (unpaired) electrons. The molecule has 2 aliphatic heterocycles. The maximum Gasteiger partial charge on any atom is 0.242 e. The second-order valence-corrected chi connectivity index (χ2v) is 6.27. The highest BCUT2D eigenvalue weighted by atomic mass is 35.5. The number of piperidine rings is 1. The van der Waals surface area contributed by atoms with Crippen molar-refractivity contribution in [3.8, 4) is 0 Å². The molecule has 3 nitrogen and oxygen atoms in total. The van der Waals surface area contributed by atoms with Crippen LogP contribution in [0.3, 0.4) is 0 Å². The van der Waals surface area contributed by atoms with Gasteiger partial charge in [-0.1, -0.05) is 30.3 Å². The lowest BCUT2D eigenvalue weighted by Crippen LogP contribution is -2.48. The first-order valence-electron chi connectivity index (χ1n) is 7.47. The van der Waals surface area contributed by atoms with Gasteiger partial charge in [-0.25, -0.2) is 0 Å². The third-order valence-corrected chi connectivity index (χ3v) is 4.94. The van der Waals surface area contributed by atoms with E-state index in [4.69, 9.17) is 11.6 Å². The van der Waals surface area contributed by atoms with Crippen LogP contribution in [-0.2, 0) is 4.79 Å². The van der Waals surface area contributed by atoms with E-state index in [1.807, 2.05) is 30.3 Å². The summed E-state index contributed by atoms with van der Waals surface area (Å²) in [6.45, 7) is 2.33. The summed E-state index contributed by atoms with van der Waals surface area (Å²) in [5.74, 6) is -0.0608. The van der Waals surface area contributed by atoms with Crippen LogP contribution in [0.1, 0.15) is 36.6 Å². The van der Waals surface area contributed by atoms with Gasteiger partial charge in [0.05, 0.1) is 0 Å². The highest BCUT2D eigenvalue weighted by molar-refractivity contribution is 6.30. The van der Waals surface area contributed by atoms with Crippen molar-refractivity contribution in [1.82, 2.24) is 10.2 Å². The predicted molar refractivity (Wildman–Crippen MR) is 80.8 cm³/mol. The molecule has 0 aliphatic carbocycles. The van der Waals surface area contributed by atoms with Crippen molar-refractivity contribution in [2.45, 2.75) is 43.1 Å². The average Bonchev–Trinajstić information content (AvgIpc) is 2.95. The van der Waals surface area contributed by atoms with E-state index in [1.165, 1.54) is 19.4 Å². The third-order valence-electron chi connectivity index (χ3n) is 4.49. The largest absolute Gasteiger partial charge is 0.352 e. The Morgan fingerprint density at radius 1 is 1.25 bits per heavy atom. The van der Waals surface area contributed by atoms with Crippen molar-refractivity contribution in [2.24, 2.45) is 0 Å². The van der Waals surface area contributed by atoms with Crippen LogP contribution < -0.4 is 5.32 Å². The quantitative estimate of drug-likeness (QED) is 0.869. The topological polar surface area (TPSA) is 32.3 Å². The predicted octanol–water partition coefficient (Wildman–Crippen LogP) is 2.71. The fourth-order valence-electron chi connectivity index (χ4n) is 3.40. The minimum Gasteiger partial charge on any atom is -0.352 e. The standard InChI is InChI=1S/C16H21ClN2O/c17-15(12-5-2-1-3-6-12)16(20)18-13-8-10-19-9-4-7-14(19)11-13/h1-3,5-6,13-15H,4,7-11H2,(H,18,20). The van der Waals surface area contributed by atoms with Gasteiger partial charge in [0.1, 0.15) is 5.38 Å². The van der Waals surface area contributed by atoms with E-state index in [9.17, 15) is 4.79 Å². The molecule has 0 aromatic heterocycles. The lowest BCUT2D eigenvalue weighted by atomic mass is 9.97. The molecule has 1 N–H and O–H groups in total. The maximum atomic E-state index is 12.2. The number of carbonyl (C=O) groups is 1. The zero-order valence-corrected chi connectivity index (χ0v) is 12.4. The number of alkyl halides is 1. The van der Waals surface area contributed by atoms with Gasteiger partial charge >= 0.3 is 0 Å². The van der Waals surface area contributed by atoms with Crippen molar-refractivity contribution >= 4 is 17.5 Å². The fourth-order valence-corrected chi connectivity index (χ4v) is 3.61. The van der Waals surface area contributed by atoms with E-state index < -0.39 is 5.38 Å². The van der Waals surface area contributed by atoms with Crippen LogP contribution in [-0.4, -0.2) is 36.0 Å². The summed E-state index contributed by atoms with van der Waals surface area (Å²) >= 11 is 6.26. The monoisotopic (exact) mass is 292 g/mol. The lowest BCUT2D eigenvalue weighted by molar-refractivity contribution is -0.121. The van der Waals surface area contributed by atoms with Crippen LogP contribution in [0.5, 0.6) is 0 Å². The molecule has 0 spiro atoms. The maximum absolute atomic E-state index is 12.2. The second-order valence-electron chi connectivity index (χ2n) is 5.84. The van der Waals surface area contributed by atoms with Gasteiger partial charge in [0.15, 0.2) is 0 Å². The first-order chi connectivity index (χ1) is 9.74. The van der Waals surface area contributed by atoms with E-state index in [0.717, 1.165) is 24.9 Å². The zero-order valence-electron chi connectivity index (χ0n) is 11.6. The van der Waals surface area contributed by atoms with Crippen molar-refractivity contribution < 1.29 is 4.79 Å². The Morgan fingerprint density at radius 2 is 2.05 bits per heavy atom. The third kappa shape index (κ3) is 2.99. The fraction of sp³-hybridized carbons (Fsp3) is 0.562. The Bertz CT molecular complexity index is 465. The number of hydrogen-bond acceptors (Lipinski definition) is 2. The van der Waals surface area contributed by atoms with Crippen LogP contribution in [0, 0.1) is 0 Å². The summed E-state index contributed by atoms with van der Waals surface area (Å²) in [5.41, 5.74) is 0.866. The zero-order chi connectivity index (χ0) is 13.9. The number of nitrogens with zero attached hydrogens (tertiary/aromatic N) is 1. The highest BCUT2D eigenvalue weighted by Crippen LogP contribution is 2.28. The van der Waals surface area contributed by atoms with E-state index in [1.54, 1.807) is 0 Å². The van der Waals surface area contributed by atoms with Gasteiger partial charge in [-0.2, -0.15) is 0 Å². The Kier molecular flexibility index (Phi) is 4.27. The number of rotatable bonds is 3. The SMILES string of the molecule is O=C(NC1CCN2CCCC2C1)C(Cl)c1ccccc1. The summed E-state index contributed by atoms with van der Waals surface area (Å²) in [6.07, 6.45) is 4.69. The summed E-state index contributed by atoms with van der Waals surface area (Å²) in [6, 6.07) is 10.5. The number of amides is 1. The molecule has 2 aliphatic rings. The Morgan fingerprint density at radius 3 is 2.85 bits per heavy atom. The van der Waals surface area contributed by atoms with Gasteiger partial charge in [-0.05, 0) is 37.8 Å². The van der Waals surface area contributed by atoms with Crippen molar-refractivity contribution in [3.05, 3.63) is 35.9 Å². The highest BCUT2D eigenvalue weighted by Gasteiger charge is 2.33. The number of carbonyl (C=O) groups excluding carboxylic acids is 1. The number of hydrogen-bond donors (Lipinski definition) is 1. The molecule has 20 heavy (non-hydrogen) atoms. The molecule has 1 amide bonds. The molecule has 3 atom stereocenters. The minimum absolute atomic E-state index is 0.0608. The van der Waals surface area contributed by atoms with Crippen molar-refractivity contribution in [1.29, 1.82) is 0 Å². The molecule has 1 aromatic carbocycles. The molecule has 1 aromatic rings. The van der Waals surface area contributed by atoms with E-state index in [-0.39, 0.29) is 11.9 Å². The van der Waals surface area contributed by atoms with Crippen LogP contribution in [0.4, 0.5) is 0 Å². The molecular weight excluding hydrogens is 272 g/mol. The van der Waals surface area contributed by atoms with Crippen molar-refractivity contribution in [2.75, 3.05) is 13.1 Å². The van der Waals surface area contributed by atoms with Crippen LogP contribution in [0.25, 0.3) is 0 Å². The van der Waals surface area contributed by atoms with Crippen LogP contribution in [0.15, 0.2) is 30.3 Å². The summed E-state index contributed by atoms with van der Waals surface area (Å²) in [4.78, 5) is 14.8. The molecule has 3 unspecified atom stereocenters. The molecule has 108 valence electrons. The summed E-state index contributed by atoms with van der Waals surface area (Å²) < 4.78 is 0. The number of halogens is 1. The van der Waals surface area contributed by atoms with Gasteiger partial charge in [-0.15, -0.1) is 11.6 Å². The van der Waals surface area contributed by atoms with Gasteiger partial charge in [0.2, 0.25) is 5.91 Å². The first-order valence-corrected chi connectivity index (χ1v) is 7.91. The van der Waals surface area contributed by atoms with E-state index in [0.29, 0.717) is 6.04 Å². The van der Waals surface area contributed by atoms with Gasteiger partial charge in [-0.3, -0.25) is 4.79 Å². The summed E-state index contributed by atoms with van der Waals surface area (Å²) in [7, 11) is 0. The number of fused-ring (bicyclic) bond motifs is 1. The molecule has 2 heterocycles. The number of benzene rings is 1. The van der Waals surface area contributed by atoms with Crippen LogP contribution in [0.2, 0.25) is 0 Å². The van der Waals surface area contributed by atoms with Gasteiger partial charge in [0, 0.05) is 18.6 Å². The van der Waals surface area contributed by atoms with Gasteiger partial charge in [0.25, 0.3) is 0 Å². The first kappa shape index (κ1) is 13.9.